The number of benzene rings is 2. The fraction of sp³-hybridized carbons (Fsp3) is 0.323. The van der Waals surface area contributed by atoms with Gasteiger partial charge in [-0.05, 0) is 68.8 Å². The summed E-state index contributed by atoms with van der Waals surface area (Å²) in [4.78, 5) is 9.48. The standard InChI is InChI=1S/C31H33N3O2S/c1-17-15-25(24-10-8-9-22-18(2)16-32-28(22)24)23(26-19(3)30(35)31(5,6)33-27(17)26)12-11-21-13-14-37-29(21)20(4)34-36-7/h8-10,13-16,19,30,32-33,35H,1-7H3/t19-,30+/m1/s1. The molecule has 190 valence electrons. The maximum Gasteiger partial charge on any atom is 0.106 e. The average Bonchev–Trinajstić information content (AvgIpc) is 3.49. The van der Waals surface area contributed by atoms with Gasteiger partial charge in [0.25, 0.3) is 0 Å². The predicted molar refractivity (Wildman–Crippen MR) is 155 cm³/mol. The second-order valence-electron chi connectivity index (χ2n) is 10.5. The number of H-pyrrole nitrogens is 1. The van der Waals surface area contributed by atoms with Gasteiger partial charge in [-0.15, -0.1) is 11.3 Å². The highest BCUT2D eigenvalue weighted by molar-refractivity contribution is 7.12. The second-order valence-corrected chi connectivity index (χ2v) is 11.4. The van der Waals surface area contributed by atoms with Crippen molar-refractivity contribution >= 4 is 33.6 Å². The van der Waals surface area contributed by atoms with Crippen molar-refractivity contribution < 1.29 is 9.94 Å². The molecular formula is C31H33N3O2S. The summed E-state index contributed by atoms with van der Waals surface area (Å²) in [6.07, 6.45) is 1.49. The predicted octanol–water partition coefficient (Wildman–Crippen LogP) is 6.95. The lowest BCUT2D eigenvalue weighted by Crippen LogP contribution is -2.50. The molecule has 0 aliphatic carbocycles. The molecule has 0 amide bonds. The molecule has 4 aromatic rings. The van der Waals surface area contributed by atoms with Crippen LogP contribution < -0.4 is 5.32 Å². The third-order valence-electron chi connectivity index (χ3n) is 7.44. The Morgan fingerprint density at radius 2 is 1.92 bits per heavy atom. The van der Waals surface area contributed by atoms with Crippen molar-refractivity contribution in [2.45, 2.75) is 59.1 Å². The zero-order valence-electron chi connectivity index (χ0n) is 22.4. The van der Waals surface area contributed by atoms with E-state index in [1.807, 2.05) is 32.2 Å². The number of aliphatic hydroxyl groups is 1. The SMILES string of the molecule is CON=C(C)c1sccc1C#Cc1c(-c2cccc3c(C)c[nH]c23)cc(C)c2c1[C@@H](C)[C@H](O)C(C)(C)N2. The zero-order chi connectivity index (χ0) is 26.5. The number of anilines is 1. The van der Waals surface area contributed by atoms with Crippen molar-refractivity contribution in [1.82, 2.24) is 4.98 Å². The quantitative estimate of drug-likeness (QED) is 0.158. The molecule has 5 nitrogen and oxygen atoms in total. The van der Waals surface area contributed by atoms with Crippen LogP contribution in [0.1, 0.15) is 66.3 Å². The molecule has 3 heterocycles. The molecule has 3 N–H and O–H groups in total. The fourth-order valence-corrected chi connectivity index (χ4v) is 6.30. The van der Waals surface area contributed by atoms with Crippen LogP contribution >= 0.6 is 11.3 Å². The summed E-state index contributed by atoms with van der Waals surface area (Å²) < 4.78 is 0. The van der Waals surface area contributed by atoms with E-state index in [4.69, 9.17) is 4.84 Å². The largest absolute Gasteiger partial charge is 0.399 e. The summed E-state index contributed by atoms with van der Waals surface area (Å²) in [5, 5.41) is 22.3. The van der Waals surface area contributed by atoms with Crippen molar-refractivity contribution in [3.05, 3.63) is 74.6 Å². The average molecular weight is 512 g/mol. The number of oxime groups is 1. The number of hydrogen-bond donors (Lipinski definition) is 3. The van der Waals surface area contributed by atoms with E-state index in [0.29, 0.717) is 0 Å². The number of nitrogens with one attached hydrogen (secondary N) is 2. The molecule has 0 unspecified atom stereocenters. The number of aliphatic hydroxyl groups excluding tert-OH is 1. The first-order chi connectivity index (χ1) is 17.6. The number of hydrogen-bond acceptors (Lipinski definition) is 5. The van der Waals surface area contributed by atoms with Gasteiger partial charge in [0, 0.05) is 45.4 Å². The Morgan fingerprint density at radius 1 is 1.14 bits per heavy atom. The monoisotopic (exact) mass is 511 g/mol. The molecular weight excluding hydrogens is 478 g/mol. The lowest BCUT2D eigenvalue weighted by Gasteiger charge is -2.43. The molecule has 1 aliphatic rings. The third kappa shape index (κ3) is 4.22. The van der Waals surface area contributed by atoms with E-state index >= 15 is 0 Å². The van der Waals surface area contributed by atoms with E-state index in [1.165, 1.54) is 10.9 Å². The highest BCUT2D eigenvalue weighted by atomic mass is 32.1. The van der Waals surface area contributed by atoms with Crippen LogP contribution in [0, 0.1) is 25.7 Å². The van der Waals surface area contributed by atoms with Gasteiger partial charge in [0.05, 0.1) is 27.7 Å². The van der Waals surface area contributed by atoms with Gasteiger partial charge in [-0.1, -0.05) is 42.1 Å². The number of nitrogens with zero attached hydrogens (tertiary/aromatic N) is 1. The molecule has 2 atom stereocenters. The molecule has 0 bridgehead atoms. The minimum atomic E-state index is -0.563. The lowest BCUT2D eigenvalue weighted by molar-refractivity contribution is 0.0868. The molecule has 2 aromatic carbocycles. The summed E-state index contributed by atoms with van der Waals surface area (Å²) in [5.74, 6) is 6.90. The van der Waals surface area contributed by atoms with Crippen molar-refractivity contribution in [3.63, 3.8) is 0 Å². The summed E-state index contributed by atoms with van der Waals surface area (Å²) in [7, 11) is 1.55. The van der Waals surface area contributed by atoms with Crippen LogP contribution in [-0.2, 0) is 4.84 Å². The molecule has 6 heteroatoms. The molecule has 0 saturated heterocycles. The third-order valence-corrected chi connectivity index (χ3v) is 8.46. The van der Waals surface area contributed by atoms with Gasteiger partial charge in [0.2, 0.25) is 0 Å². The Balaban J connectivity index is 1.81. The second kappa shape index (κ2) is 9.41. The highest BCUT2D eigenvalue weighted by Gasteiger charge is 2.40. The van der Waals surface area contributed by atoms with Gasteiger partial charge in [-0.3, -0.25) is 0 Å². The summed E-state index contributed by atoms with van der Waals surface area (Å²) >= 11 is 1.60. The number of aryl methyl sites for hydroxylation is 2. The first-order valence-corrected chi connectivity index (χ1v) is 13.4. The Morgan fingerprint density at radius 3 is 2.68 bits per heavy atom. The van der Waals surface area contributed by atoms with E-state index in [1.54, 1.807) is 18.4 Å². The van der Waals surface area contributed by atoms with Crippen LogP contribution in [0.4, 0.5) is 5.69 Å². The summed E-state index contributed by atoms with van der Waals surface area (Å²) in [6.45, 7) is 12.4. The molecule has 37 heavy (non-hydrogen) atoms. The highest BCUT2D eigenvalue weighted by Crippen LogP contribution is 2.46. The molecule has 5 rings (SSSR count). The van der Waals surface area contributed by atoms with Gasteiger partial charge in [-0.25, -0.2) is 0 Å². The van der Waals surface area contributed by atoms with Gasteiger partial charge >= 0.3 is 0 Å². The van der Waals surface area contributed by atoms with E-state index in [0.717, 1.165) is 55.2 Å². The summed E-state index contributed by atoms with van der Waals surface area (Å²) in [6, 6.07) is 10.7. The van der Waals surface area contributed by atoms with E-state index in [-0.39, 0.29) is 5.92 Å². The van der Waals surface area contributed by atoms with Crippen molar-refractivity contribution in [2.24, 2.45) is 5.16 Å². The van der Waals surface area contributed by atoms with Crippen molar-refractivity contribution in [2.75, 3.05) is 12.4 Å². The number of rotatable bonds is 3. The molecule has 2 aromatic heterocycles. The molecule has 0 fully saturated rings. The van der Waals surface area contributed by atoms with Crippen LogP contribution in [0.25, 0.3) is 22.0 Å². The Kier molecular flexibility index (Phi) is 6.39. The van der Waals surface area contributed by atoms with Crippen LogP contribution in [0.15, 0.2) is 47.1 Å². The minimum absolute atomic E-state index is 0.0995. The normalized spacial score (nSPS) is 18.6. The van der Waals surface area contributed by atoms with Gasteiger partial charge in [0.1, 0.15) is 7.11 Å². The van der Waals surface area contributed by atoms with E-state index < -0.39 is 11.6 Å². The minimum Gasteiger partial charge on any atom is -0.399 e. The van der Waals surface area contributed by atoms with Crippen LogP contribution in [0.5, 0.6) is 0 Å². The first kappa shape index (κ1) is 25.1. The number of aromatic amines is 1. The van der Waals surface area contributed by atoms with Crippen molar-refractivity contribution in [3.8, 4) is 23.0 Å². The fourth-order valence-electron chi connectivity index (χ4n) is 5.51. The Bertz CT molecular complexity index is 1600. The van der Waals surface area contributed by atoms with E-state index in [9.17, 15) is 5.11 Å². The Hall–Kier alpha value is -3.53. The number of para-hydroxylation sites is 1. The van der Waals surface area contributed by atoms with Gasteiger partial charge in [0.15, 0.2) is 0 Å². The number of thiophene rings is 1. The molecule has 0 spiro atoms. The van der Waals surface area contributed by atoms with E-state index in [2.05, 4.69) is 78.5 Å². The van der Waals surface area contributed by atoms with Crippen molar-refractivity contribution in [1.29, 1.82) is 0 Å². The van der Waals surface area contributed by atoms with Crippen LogP contribution in [0.2, 0.25) is 0 Å². The topological polar surface area (TPSA) is 69.6 Å². The molecule has 1 aliphatic heterocycles. The zero-order valence-corrected chi connectivity index (χ0v) is 23.2. The maximum absolute atomic E-state index is 11.3. The molecule has 0 radical (unpaired) electrons. The number of fused-ring (bicyclic) bond motifs is 2. The smallest absolute Gasteiger partial charge is 0.106 e. The van der Waals surface area contributed by atoms with Crippen LogP contribution in [0.3, 0.4) is 0 Å². The maximum atomic E-state index is 11.3. The molecule has 0 saturated carbocycles. The number of aromatic nitrogens is 1. The summed E-state index contributed by atoms with van der Waals surface area (Å²) in [5.41, 5.74) is 9.94. The van der Waals surface area contributed by atoms with Crippen LogP contribution in [-0.4, -0.2) is 34.6 Å². The van der Waals surface area contributed by atoms with Gasteiger partial charge in [-0.2, -0.15) is 0 Å². The first-order valence-electron chi connectivity index (χ1n) is 12.5. The van der Waals surface area contributed by atoms with Gasteiger partial charge < -0.3 is 20.2 Å². The Labute approximate surface area is 222 Å². The lowest BCUT2D eigenvalue weighted by atomic mass is 9.75.